The predicted molar refractivity (Wildman–Crippen MR) is 93.8 cm³/mol. The van der Waals surface area contributed by atoms with Crippen molar-refractivity contribution in [2.75, 3.05) is 13.1 Å². The summed E-state index contributed by atoms with van der Waals surface area (Å²) in [7, 11) is 0. The number of rotatable bonds is 9. The van der Waals surface area contributed by atoms with E-state index < -0.39 is 5.97 Å². The van der Waals surface area contributed by atoms with Crippen LogP contribution in [0.2, 0.25) is 0 Å². The van der Waals surface area contributed by atoms with Gasteiger partial charge in [-0.2, -0.15) is 0 Å². The molecule has 25 heavy (non-hydrogen) atoms. The van der Waals surface area contributed by atoms with E-state index in [0.29, 0.717) is 26.1 Å². The molecule has 2 rings (SSSR count). The molecule has 1 aromatic carbocycles. The van der Waals surface area contributed by atoms with E-state index in [1.807, 2.05) is 31.2 Å². The van der Waals surface area contributed by atoms with Crippen molar-refractivity contribution in [1.29, 1.82) is 0 Å². The van der Waals surface area contributed by atoms with Gasteiger partial charge in [0.1, 0.15) is 0 Å². The molecule has 0 saturated carbocycles. The van der Waals surface area contributed by atoms with Gasteiger partial charge in [-0.1, -0.05) is 36.2 Å². The Kier molecular flexibility index (Phi) is 6.98. The molecule has 1 heterocycles. The van der Waals surface area contributed by atoms with Crippen molar-refractivity contribution in [2.24, 2.45) is 5.92 Å². The van der Waals surface area contributed by atoms with Gasteiger partial charge < -0.3 is 15.3 Å². The van der Waals surface area contributed by atoms with Crippen molar-refractivity contribution >= 4 is 17.8 Å². The number of hydrogen-bond acceptors (Lipinski definition) is 3. The molecule has 1 aliphatic heterocycles. The topological polar surface area (TPSA) is 86.7 Å². The predicted octanol–water partition coefficient (Wildman–Crippen LogP) is 2.10. The lowest BCUT2D eigenvalue weighted by Crippen LogP contribution is -2.33. The summed E-state index contributed by atoms with van der Waals surface area (Å²) in [6, 6.07) is 8.05. The fraction of sp³-hybridized carbons (Fsp3) is 0.526. The van der Waals surface area contributed by atoms with Gasteiger partial charge in [0, 0.05) is 32.5 Å². The molecule has 2 N–H and O–H groups in total. The Bertz CT molecular complexity index is 612. The van der Waals surface area contributed by atoms with Gasteiger partial charge in [0.15, 0.2) is 0 Å². The highest BCUT2D eigenvalue weighted by atomic mass is 16.4. The average molecular weight is 346 g/mol. The van der Waals surface area contributed by atoms with Crippen molar-refractivity contribution in [3.63, 3.8) is 0 Å². The quantitative estimate of drug-likeness (QED) is 0.671. The average Bonchev–Trinajstić information content (AvgIpc) is 2.93. The first-order chi connectivity index (χ1) is 12.0. The van der Waals surface area contributed by atoms with Crippen LogP contribution in [-0.4, -0.2) is 40.9 Å². The van der Waals surface area contributed by atoms with Gasteiger partial charge in [0.2, 0.25) is 11.8 Å². The van der Waals surface area contributed by atoms with E-state index in [0.717, 1.165) is 18.4 Å². The zero-order chi connectivity index (χ0) is 18.2. The molecule has 136 valence electrons. The van der Waals surface area contributed by atoms with E-state index in [1.165, 1.54) is 5.56 Å². The van der Waals surface area contributed by atoms with E-state index in [-0.39, 0.29) is 30.6 Å². The van der Waals surface area contributed by atoms with Gasteiger partial charge in [0.25, 0.3) is 0 Å². The molecule has 1 saturated heterocycles. The van der Waals surface area contributed by atoms with E-state index in [1.54, 1.807) is 4.90 Å². The minimum Gasteiger partial charge on any atom is -0.481 e. The van der Waals surface area contributed by atoms with Gasteiger partial charge in [-0.3, -0.25) is 14.4 Å². The van der Waals surface area contributed by atoms with Crippen molar-refractivity contribution in [2.45, 2.75) is 45.6 Å². The van der Waals surface area contributed by atoms with E-state index >= 15 is 0 Å². The lowest BCUT2D eigenvalue weighted by molar-refractivity contribution is -0.137. The molecule has 0 aromatic heterocycles. The first-order valence-corrected chi connectivity index (χ1v) is 8.78. The molecule has 0 radical (unpaired) electrons. The minimum atomic E-state index is -0.790. The maximum absolute atomic E-state index is 12.2. The highest BCUT2D eigenvalue weighted by Crippen LogP contribution is 2.20. The van der Waals surface area contributed by atoms with Crippen LogP contribution in [0.5, 0.6) is 0 Å². The maximum Gasteiger partial charge on any atom is 0.303 e. The highest BCUT2D eigenvalue weighted by Gasteiger charge is 2.33. The fourth-order valence-electron chi connectivity index (χ4n) is 2.95. The molecule has 2 amide bonds. The number of aliphatic carboxylic acids is 1. The second-order valence-corrected chi connectivity index (χ2v) is 6.66. The monoisotopic (exact) mass is 346 g/mol. The van der Waals surface area contributed by atoms with Crippen molar-refractivity contribution < 1.29 is 19.5 Å². The second kappa shape index (κ2) is 9.20. The normalized spacial score (nSPS) is 16.9. The number of benzene rings is 1. The smallest absolute Gasteiger partial charge is 0.303 e. The van der Waals surface area contributed by atoms with Crippen molar-refractivity contribution in [3.05, 3.63) is 35.4 Å². The van der Waals surface area contributed by atoms with Crippen LogP contribution >= 0.6 is 0 Å². The summed E-state index contributed by atoms with van der Waals surface area (Å²) < 4.78 is 0. The molecule has 1 atom stereocenters. The number of carboxylic acid groups (broad SMARTS) is 1. The first-order valence-electron chi connectivity index (χ1n) is 8.78. The van der Waals surface area contributed by atoms with Crippen LogP contribution in [0, 0.1) is 12.8 Å². The molecule has 1 unspecified atom stereocenters. The lowest BCUT2D eigenvalue weighted by Gasteiger charge is -2.17. The standard InChI is InChI=1S/C19H26N2O4/c1-14-6-8-15(9-7-14)12-21-13-16(11-17(21)22)19(25)20-10-4-2-3-5-18(23)24/h6-9,16H,2-5,10-13H2,1H3,(H,20,25)(H,23,24). The molecule has 1 aromatic rings. The van der Waals surface area contributed by atoms with Gasteiger partial charge >= 0.3 is 5.97 Å². The maximum atomic E-state index is 12.2. The van der Waals surface area contributed by atoms with Gasteiger partial charge in [-0.15, -0.1) is 0 Å². The number of carbonyl (C=O) groups excluding carboxylic acids is 2. The summed E-state index contributed by atoms with van der Waals surface area (Å²) in [6.07, 6.45) is 2.58. The van der Waals surface area contributed by atoms with E-state index in [9.17, 15) is 14.4 Å². The van der Waals surface area contributed by atoms with Crippen LogP contribution in [0.25, 0.3) is 0 Å². The second-order valence-electron chi connectivity index (χ2n) is 6.66. The van der Waals surface area contributed by atoms with Gasteiger partial charge in [-0.05, 0) is 25.3 Å². The van der Waals surface area contributed by atoms with Crippen molar-refractivity contribution in [3.8, 4) is 0 Å². The third-order valence-corrected chi connectivity index (χ3v) is 4.45. The largest absolute Gasteiger partial charge is 0.481 e. The number of unbranched alkanes of at least 4 members (excludes halogenated alkanes) is 2. The molecule has 1 aliphatic rings. The Morgan fingerprint density at radius 2 is 1.92 bits per heavy atom. The van der Waals surface area contributed by atoms with E-state index in [2.05, 4.69) is 5.32 Å². The Balaban J connectivity index is 1.70. The molecule has 0 bridgehead atoms. The molecular formula is C19H26N2O4. The number of likely N-dealkylation sites (tertiary alicyclic amines) is 1. The zero-order valence-corrected chi connectivity index (χ0v) is 14.7. The number of carbonyl (C=O) groups is 3. The molecule has 0 aliphatic carbocycles. The van der Waals surface area contributed by atoms with Crippen LogP contribution < -0.4 is 5.32 Å². The van der Waals surface area contributed by atoms with Crippen LogP contribution in [0.1, 0.15) is 43.2 Å². The summed E-state index contributed by atoms with van der Waals surface area (Å²) in [6.45, 7) is 3.55. The third kappa shape index (κ3) is 6.21. The highest BCUT2D eigenvalue weighted by molar-refractivity contribution is 5.89. The fourth-order valence-corrected chi connectivity index (χ4v) is 2.95. The number of nitrogens with zero attached hydrogens (tertiary/aromatic N) is 1. The Morgan fingerprint density at radius 1 is 1.20 bits per heavy atom. The molecule has 6 heteroatoms. The molecule has 0 spiro atoms. The SMILES string of the molecule is Cc1ccc(CN2CC(C(=O)NCCCCCC(=O)O)CC2=O)cc1. The molecule has 1 fully saturated rings. The molecular weight excluding hydrogens is 320 g/mol. The van der Waals surface area contributed by atoms with Gasteiger partial charge in [0.05, 0.1) is 5.92 Å². The summed E-state index contributed by atoms with van der Waals surface area (Å²) in [5.41, 5.74) is 2.25. The first kappa shape index (κ1) is 19.0. The number of carboxylic acids is 1. The number of amides is 2. The Hall–Kier alpha value is -2.37. The van der Waals surface area contributed by atoms with E-state index in [4.69, 9.17) is 5.11 Å². The molecule has 6 nitrogen and oxygen atoms in total. The van der Waals surface area contributed by atoms with Gasteiger partial charge in [-0.25, -0.2) is 0 Å². The number of aryl methyl sites for hydroxylation is 1. The number of hydrogen-bond donors (Lipinski definition) is 2. The minimum absolute atomic E-state index is 0.0159. The van der Waals surface area contributed by atoms with Crippen LogP contribution in [-0.2, 0) is 20.9 Å². The Morgan fingerprint density at radius 3 is 2.60 bits per heavy atom. The number of nitrogens with one attached hydrogen (secondary N) is 1. The van der Waals surface area contributed by atoms with Crippen molar-refractivity contribution in [1.82, 2.24) is 10.2 Å². The third-order valence-electron chi connectivity index (χ3n) is 4.45. The lowest BCUT2D eigenvalue weighted by atomic mass is 10.1. The summed E-state index contributed by atoms with van der Waals surface area (Å²) in [5.74, 6) is -1.15. The van der Waals surface area contributed by atoms with Crippen LogP contribution in [0.3, 0.4) is 0 Å². The van der Waals surface area contributed by atoms with Crippen LogP contribution in [0.4, 0.5) is 0 Å². The van der Waals surface area contributed by atoms with Crippen LogP contribution in [0.15, 0.2) is 24.3 Å². The zero-order valence-electron chi connectivity index (χ0n) is 14.7. The Labute approximate surface area is 148 Å². The summed E-state index contributed by atoms with van der Waals surface area (Å²) in [5, 5.41) is 11.4. The summed E-state index contributed by atoms with van der Waals surface area (Å²) in [4.78, 5) is 36.5. The summed E-state index contributed by atoms with van der Waals surface area (Å²) >= 11 is 0.